The van der Waals surface area contributed by atoms with Gasteiger partial charge in [0.1, 0.15) is 0 Å². The van der Waals surface area contributed by atoms with Gasteiger partial charge in [0.15, 0.2) is 5.13 Å². The summed E-state index contributed by atoms with van der Waals surface area (Å²) < 4.78 is 0. The van der Waals surface area contributed by atoms with Crippen LogP contribution in [-0.4, -0.2) is 23.8 Å². The molecule has 1 aromatic carbocycles. The van der Waals surface area contributed by atoms with E-state index in [0.717, 1.165) is 16.1 Å². The number of aromatic nitrogens is 1. The summed E-state index contributed by atoms with van der Waals surface area (Å²) in [7, 11) is 1.76. The highest BCUT2D eigenvalue weighted by Crippen LogP contribution is 2.42. The maximum absolute atomic E-state index is 13.4. The fraction of sp³-hybridized carbons (Fsp3) is 0.286. The van der Waals surface area contributed by atoms with E-state index in [-0.39, 0.29) is 23.8 Å². The molecule has 2 amide bonds. The van der Waals surface area contributed by atoms with Crippen molar-refractivity contribution in [2.24, 2.45) is 5.92 Å². The molecule has 5 nitrogen and oxygen atoms in total. The lowest BCUT2D eigenvalue weighted by molar-refractivity contribution is -0.127. The molecule has 0 bridgehead atoms. The van der Waals surface area contributed by atoms with E-state index in [1.165, 1.54) is 11.3 Å². The summed E-state index contributed by atoms with van der Waals surface area (Å²) >= 11 is 3.02. The highest BCUT2D eigenvalue weighted by atomic mass is 32.1. The van der Waals surface area contributed by atoms with Crippen LogP contribution in [-0.2, 0) is 9.59 Å². The third kappa shape index (κ3) is 3.47. The molecular formula is C21H21N3O2S2. The van der Waals surface area contributed by atoms with Crippen LogP contribution >= 0.6 is 22.7 Å². The van der Waals surface area contributed by atoms with Gasteiger partial charge >= 0.3 is 0 Å². The molecule has 3 aromatic rings. The summed E-state index contributed by atoms with van der Waals surface area (Å²) in [4.78, 5) is 35.1. The first kappa shape index (κ1) is 18.8. The number of aryl methyl sites for hydroxylation is 1. The number of hydrogen-bond donors (Lipinski definition) is 0. The van der Waals surface area contributed by atoms with E-state index in [0.29, 0.717) is 18.0 Å². The van der Waals surface area contributed by atoms with Crippen molar-refractivity contribution in [2.75, 3.05) is 16.8 Å². The Balaban J connectivity index is 1.74. The van der Waals surface area contributed by atoms with Gasteiger partial charge in [-0.3, -0.25) is 14.5 Å². The van der Waals surface area contributed by atoms with E-state index in [1.54, 1.807) is 29.5 Å². The monoisotopic (exact) mass is 411 g/mol. The third-order valence-corrected chi connectivity index (χ3v) is 6.89. The average Bonchev–Trinajstić information content (AvgIpc) is 3.41. The molecule has 2 aromatic heterocycles. The van der Waals surface area contributed by atoms with Gasteiger partial charge in [-0.1, -0.05) is 23.8 Å². The van der Waals surface area contributed by atoms with Crippen LogP contribution in [0.2, 0.25) is 0 Å². The minimum absolute atomic E-state index is 0.00189. The van der Waals surface area contributed by atoms with Gasteiger partial charge in [0.25, 0.3) is 0 Å². The Morgan fingerprint density at radius 3 is 2.61 bits per heavy atom. The Kier molecular flexibility index (Phi) is 5.28. The first-order valence-electron chi connectivity index (χ1n) is 9.15. The van der Waals surface area contributed by atoms with Crippen LogP contribution in [0.5, 0.6) is 0 Å². The van der Waals surface area contributed by atoms with Crippen LogP contribution in [0.25, 0.3) is 0 Å². The maximum atomic E-state index is 13.4. The van der Waals surface area contributed by atoms with Gasteiger partial charge in [-0.05, 0) is 36.9 Å². The first-order chi connectivity index (χ1) is 13.6. The van der Waals surface area contributed by atoms with Crippen molar-refractivity contribution in [3.63, 3.8) is 0 Å². The number of carbonyl (C=O) groups excluding carboxylic acids is 2. The van der Waals surface area contributed by atoms with E-state index in [2.05, 4.69) is 4.98 Å². The molecule has 0 N–H and O–H groups in total. The summed E-state index contributed by atoms with van der Waals surface area (Å²) in [6.07, 6.45) is 2.60. The fourth-order valence-electron chi connectivity index (χ4n) is 3.67. The number of thiazole rings is 1. The third-order valence-electron chi connectivity index (χ3n) is 5.10. The Bertz CT molecular complexity index is 952. The molecule has 7 heteroatoms. The van der Waals surface area contributed by atoms with Crippen molar-refractivity contribution in [1.29, 1.82) is 0 Å². The number of amides is 2. The largest absolute Gasteiger partial charge is 0.303 e. The van der Waals surface area contributed by atoms with Gasteiger partial charge in [-0.15, -0.1) is 22.7 Å². The highest BCUT2D eigenvalue weighted by Gasteiger charge is 2.43. The highest BCUT2D eigenvalue weighted by molar-refractivity contribution is 7.13. The van der Waals surface area contributed by atoms with Crippen LogP contribution in [0.1, 0.15) is 29.3 Å². The molecule has 1 aliphatic heterocycles. The summed E-state index contributed by atoms with van der Waals surface area (Å²) in [5, 5.41) is 4.53. The van der Waals surface area contributed by atoms with Gasteiger partial charge in [0.2, 0.25) is 11.8 Å². The SMILES string of the molecule is Cc1ccc(N2C(=O)CCC(C(=O)N(C)c3nccs3)C2c2cccs2)cc1. The lowest BCUT2D eigenvalue weighted by Crippen LogP contribution is -2.48. The number of hydrogen-bond acceptors (Lipinski definition) is 5. The molecular weight excluding hydrogens is 390 g/mol. The summed E-state index contributed by atoms with van der Waals surface area (Å²) in [6.45, 7) is 2.02. The zero-order chi connectivity index (χ0) is 19.7. The van der Waals surface area contributed by atoms with E-state index in [1.807, 2.05) is 59.0 Å². The van der Waals surface area contributed by atoms with Crippen molar-refractivity contribution < 1.29 is 9.59 Å². The van der Waals surface area contributed by atoms with Gasteiger partial charge in [-0.25, -0.2) is 4.98 Å². The molecule has 2 atom stereocenters. The Hall–Kier alpha value is -2.51. The van der Waals surface area contributed by atoms with Gasteiger partial charge in [0.05, 0.1) is 12.0 Å². The number of rotatable bonds is 4. The van der Waals surface area contributed by atoms with Crippen molar-refractivity contribution in [2.45, 2.75) is 25.8 Å². The zero-order valence-corrected chi connectivity index (χ0v) is 17.4. The normalized spacial score (nSPS) is 19.6. The Morgan fingerprint density at radius 1 is 1.18 bits per heavy atom. The number of piperidine rings is 1. The smallest absolute Gasteiger partial charge is 0.234 e. The van der Waals surface area contributed by atoms with Crippen LogP contribution in [0.3, 0.4) is 0 Å². The molecule has 1 aliphatic rings. The summed E-state index contributed by atoms with van der Waals surface area (Å²) in [5.41, 5.74) is 1.97. The van der Waals surface area contributed by atoms with Crippen molar-refractivity contribution >= 4 is 45.3 Å². The van der Waals surface area contributed by atoms with Crippen LogP contribution in [0.15, 0.2) is 53.4 Å². The second kappa shape index (κ2) is 7.85. The molecule has 144 valence electrons. The molecule has 0 aliphatic carbocycles. The molecule has 0 saturated carbocycles. The van der Waals surface area contributed by atoms with Crippen molar-refractivity contribution in [3.8, 4) is 0 Å². The predicted molar refractivity (Wildman–Crippen MR) is 114 cm³/mol. The quantitative estimate of drug-likeness (QED) is 0.627. The predicted octanol–water partition coefficient (Wildman–Crippen LogP) is 4.66. The molecule has 1 saturated heterocycles. The topological polar surface area (TPSA) is 53.5 Å². The zero-order valence-electron chi connectivity index (χ0n) is 15.7. The lowest BCUT2D eigenvalue weighted by atomic mass is 9.86. The van der Waals surface area contributed by atoms with E-state index in [4.69, 9.17) is 0 Å². The minimum atomic E-state index is -0.313. The van der Waals surface area contributed by atoms with Crippen molar-refractivity contribution in [1.82, 2.24) is 4.98 Å². The van der Waals surface area contributed by atoms with E-state index in [9.17, 15) is 9.59 Å². The number of carbonyl (C=O) groups is 2. The number of nitrogens with zero attached hydrogens (tertiary/aromatic N) is 3. The lowest BCUT2D eigenvalue weighted by Gasteiger charge is -2.41. The molecule has 28 heavy (non-hydrogen) atoms. The van der Waals surface area contributed by atoms with Crippen LogP contribution < -0.4 is 9.80 Å². The standard InChI is InChI=1S/C21H21N3O2S2/c1-14-5-7-15(8-6-14)24-18(25)10-9-16(19(24)17-4-3-12-27-17)20(26)23(2)21-22-11-13-28-21/h3-8,11-13,16,19H,9-10H2,1-2H3. The second-order valence-corrected chi connectivity index (χ2v) is 8.77. The average molecular weight is 412 g/mol. The molecule has 0 radical (unpaired) electrons. The first-order valence-corrected chi connectivity index (χ1v) is 10.9. The Morgan fingerprint density at radius 2 is 1.96 bits per heavy atom. The van der Waals surface area contributed by atoms with Gasteiger partial charge in [0, 0.05) is 35.6 Å². The molecule has 4 rings (SSSR count). The fourth-order valence-corrected chi connectivity index (χ4v) is 5.16. The number of anilines is 2. The molecule has 3 heterocycles. The molecule has 0 spiro atoms. The second-order valence-electron chi connectivity index (χ2n) is 6.92. The number of benzene rings is 1. The van der Waals surface area contributed by atoms with Gasteiger partial charge < -0.3 is 4.90 Å². The number of thiophene rings is 1. The molecule has 1 fully saturated rings. The molecule has 2 unspecified atom stereocenters. The Labute approximate surface area is 172 Å². The van der Waals surface area contributed by atoms with Crippen molar-refractivity contribution in [3.05, 3.63) is 63.8 Å². The maximum Gasteiger partial charge on any atom is 0.234 e. The van der Waals surface area contributed by atoms with E-state index >= 15 is 0 Å². The summed E-state index contributed by atoms with van der Waals surface area (Å²) in [5.74, 6) is -0.257. The minimum Gasteiger partial charge on any atom is -0.303 e. The summed E-state index contributed by atoms with van der Waals surface area (Å²) in [6, 6.07) is 11.6. The van der Waals surface area contributed by atoms with Gasteiger partial charge in [-0.2, -0.15) is 0 Å². The van der Waals surface area contributed by atoms with Crippen LogP contribution in [0, 0.1) is 12.8 Å². The van der Waals surface area contributed by atoms with E-state index < -0.39 is 0 Å². The van der Waals surface area contributed by atoms with Crippen LogP contribution in [0.4, 0.5) is 10.8 Å².